The van der Waals surface area contributed by atoms with E-state index in [1.165, 1.54) is 0 Å². The first-order valence-corrected chi connectivity index (χ1v) is 8.21. The Kier molecular flexibility index (Phi) is 7.28. The summed E-state index contributed by atoms with van der Waals surface area (Å²) >= 11 is 0. The Morgan fingerprint density at radius 3 is 2.29 bits per heavy atom. The summed E-state index contributed by atoms with van der Waals surface area (Å²) in [4.78, 5) is 6.92. The molecule has 1 rings (SSSR count). The molecule has 0 fully saturated rings. The third-order valence-corrected chi connectivity index (χ3v) is 4.85. The Balaban J connectivity index is 3.07. The summed E-state index contributed by atoms with van der Waals surface area (Å²) < 4.78 is 1.95. The Labute approximate surface area is 129 Å². The van der Waals surface area contributed by atoms with E-state index in [1.54, 1.807) is 6.33 Å². The first kappa shape index (κ1) is 18.1. The number of hydrogen-bond donors (Lipinski definition) is 2. The van der Waals surface area contributed by atoms with E-state index in [-0.39, 0.29) is 11.6 Å². The highest BCUT2D eigenvalue weighted by Gasteiger charge is 2.40. The standard InChI is InChI=1S/C15H32N6/c1-6-15(7-2,20(8-3)9-4)13(19-16)11-14-17-12-18-21(14)10-5/h12-13,19H,6-11,16H2,1-5H3. The number of likely N-dealkylation sites (N-methyl/N-ethyl adjacent to an activating group) is 1. The zero-order valence-electron chi connectivity index (χ0n) is 14.3. The van der Waals surface area contributed by atoms with Gasteiger partial charge in [-0.1, -0.05) is 27.7 Å². The molecule has 1 atom stereocenters. The van der Waals surface area contributed by atoms with E-state index in [4.69, 9.17) is 5.84 Å². The Bertz CT molecular complexity index is 395. The van der Waals surface area contributed by atoms with Gasteiger partial charge in [0.1, 0.15) is 12.2 Å². The molecular weight excluding hydrogens is 264 g/mol. The van der Waals surface area contributed by atoms with Crippen molar-refractivity contribution in [3.05, 3.63) is 12.2 Å². The molecule has 21 heavy (non-hydrogen) atoms. The van der Waals surface area contributed by atoms with Crippen LogP contribution in [0.1, 0.15) is 53.3 Å². The lowest BCUT2D eigenvalue weighted by atomic mass is 9.81. The SMILES string of the molecule is CCN(CC)C(CC)(CC)C(Cc1ncnn1CC)NN. The van der Waals surface area contributed by atoms with Gasteiger partial charge < -0.3 is 0 Å². The van der Waals surface area contributed by atoms with Gasteiger partial charge in [0.2, 0.25) is 0 Å². The second-order valence-corrected chi connectivity index (χ2v) is 5.40. The van der Waals surface area contributed by atoms with Crippen molar-refractivity contribution in [2.45, 2.75) is 72.0 Å². The van der Waals surface area contributed by atoms with Gasteiger partial charge in [-0.05, 0) is 32.9 Å². The first-order valence-electron chi connectivity index (χ1n) is 8.21. The Morgan fingerprint density at radius 2 is 1.86 bits per heavy atom. The maximum Gasteiger partial charge on any atom is 0.138 e. The summed E-state index contributed by atoms with van der Waals surface area (Å²) in [5.41, 5.74) is 3.11. The molecule has 1 aromatic rings. The van der Waals surface area contributed by atoms with Crippen LogP contribution in [0.15, 0.2) is 6.33 Å². The van der Waals surface area contributed by atoms with Gasteiger partial charge in [-0.15, -0.1) is 0 Å². The van der Waals surface area contributed by atoms with Gasteiger partial charge in [0.05, 0.1) is 0 Å². The van der Waals surface area contributed by atoms with Crippen LogP contribution in [0.3, 0.4) is 0 Å². The topological polar surface area (TPSA) is 72.0 Å². The fraction of sp³-hybridized carbons (Fsp3) is 0.867. The quantitative estimate of drug-likeness (QED) is 0.506. The number of aromatic nitrogens is 3. The third-order valence-electron chi connectivity index (χ3n) is 4.85. The molecule has 6 heteroatoms. The van der Waals surface area contributed by atoms with Gasteiger partial charge in [0, 0.05) is 24.5 Å². The van der Waals surface area contributed by atoms with E-state index in [1.807, 2.05) is 4.68 Å². The lowest BCUT2D eigenvalue weighted by Crippen LogP contribution is -2.63. The third kappa shape index (κ3) is 3.62. The predicted molar refractivity (Wildman–Crippen MR) is 86.7 cm³/mol. The number of nitrogens with zero attached hydrogens (tertiary/aromatic N) is 4. The van der Waals surface area contributed by atoms with E-state index in [2.05, 4.69) is 55.0 Å². The fourth-order valence-corrected chi connectivity index (χ4v) is 3.56. The summed E-state index contributed by atoms with van der Waals surface area (Å²) in [6.07, 6.45) is 4.53. The van der Waals surface area contributed by atoms with Crippen LogP contribution in [0.5, 0.6) is 0 Å². The zero-order chi connectivity index (χ0) is 15.9. The maximum absolute atomic E-state index is 5.93. The lowest BCUT2D eigenvalue weighted by molar-refractivity contribution is 0.0482. The molecule has 1 aromatic heterocycles. The minimum absolute atomic E-state index is 0.0444. The molecule has 0 aliphatic carbocycles. The van der Waals surface area contributed by atoms with Crippen LogP contribution in [0.4, 0.5) is 0 Å². The van der Waals surface area contributed by atoms with Gasteiger partial charge in [-0.25, -0.2) is 4.98 Å². The molecule has 0 saturated heterocycles. The van der Waals surface area contributed by atoms with E-state index in [0.29, 0.717) is 0 Å². The average Bonchev–Trinajstić information content (AvgIpc) is 2.98. The molecular formula is C15H32N6. The van der Waals surface area contributed by atoms with Gasteiger partial charge in [-0.2, -0.15) is 5.10 Å². The van der Waals surface area contributed by atoms with E-state index >= 15 is 0 Å². The highest BCUT2D eigenvalue weighted by atomic mass is 15.3. The van der Waals surface area contributed by atoms with Crippen LogP contribution >= 0.6 is 0 Å². The van der Waals surface area contributed by atoms with Crippen LogP contribution in [-0.4, -0.2) is 44.3 Å². The van der Waals surface area contributed by atoms with Crippen molar-refractivity contribution in [2.75, 3.05) is 13.1 Å². The monoisotopic (exact) mass is 296 g/mol. The second kappa shape index (κ2) is 8.46. The number of aryl methyl sites for hydroxylation is 1. The summed E-state index contributed by atoms with van der Waals surface area (Å²) in [5, 5.41) is 4.26. The molecule has 0 aromatic carbocycles. The number of hydrazine groups is 1. The van der Waals surface area contributed by atoms with Crippen molar-refractivity contribution in [1.29, 1.82) is 0 Å². The molecule has 0 radical (unpaired) electrons. The van der Waals surface area contributed by atoms with Crippen LogP contribution < -0.4 is 11.3 Å². The molecule has 122 valence electrons. The normalized spacial score (nSPS) is 13.9. The molecule has 0 bridgehead atoms. The number of nitrogens with two attached hydrogens (primary N) is 1. The maximum atomic E-state index is 5.93. The number of rotatable bonds is 10. The highest BCUT2D eigenvalue weighted by molar-refractivity contribution is 5.03. The predicted octanol–water partition coefficient (Wildman–Crippen LogP) is 1.57. The first-order chi connectivity index (χ1) is 10.1. The van der Waals surface area contributed by atoms with E-state index in [0.717, 1.165) is 44.7 Å². The van der Waals surface area contributed by atoms with Crippen molar-refractivity contribution >= 4 is 0 Å². The number of hydrogen-bond acceptors (Lipinski definition) is 5. The summed E-state index contributed by atoms with van der Waals surface area (Å²) in [6.45, 7) is 13.9. The van der Waals surface area contributed by atoms with Crippen LogP contribution in [0.2, 0.25) is 0 Å². The minimum atomic E-state index is 0.0444. The molecule has 0 spiro atoms. The van der Waals surface area contributed by atoms with E-state index in [9.17, 15) is 0 Å². The van der Waals surface area contributed by atoms with Gasteiger partial charge in [0.15, 0.2) is 0 Å². The molecule has 1 unspecified atom stereocenters. The lowest BCUT2D eigenvalue weighted by Gasteiger charge is -2.47. The van der Waals surface area contributed by atoms with Crippen molar-refractivity contribution in [3.8, 4) is 0 Å². The average molecular weight is 296 g/mol. The Hall–Kier alpha value is -0.980. The fourth-order valence-electron chi connectivity index (χ4n) is 3.56. The molecule has 3 N–H and O–H groups in total. The van der Waals surface area contributed by atoms with Crippen molar-refractivity contribution in [2.24, 2.45) is 5.84 Å². The van der Waals surface area contributed by atoms with E-state index < -0.39 is 0 Å². The summed E-state index contributed by atoms with van der Waals surface area (Å²) in [5.74, 6) is 6.93. The van der Waals surface area contributed by atoms with Gasteiger partial charge in [0.25, 0.3) is 0 Å². The number of nitrogens with one attached hydrogen (secondary N) is 1. The summed E-state index contributed by atoms with van der Waals surface area (Å²) in [7, 11) is 0. The molecule has 1 heterocycles. The van der Waals surface area contributed by atoms with Crippen molar-refractivity contribution < 1.29 is 0 Å². The van der Waals surface area contributed by atoms with Gasteiger partial charge >= 0.3 is 0 Å². The smallest absolute Gasteiger partial charge is 0.138 e. The zero-order valence-corrected chi connectivity index (χ0v) is 14.3. The van der Waals surface area contributed by atoms with Gasteiger partial charge in [-0.3, -0.25) is 20.9 Å². The van der Waals surface area contributed by atoms with Crippen LogP contribution in [0.25, 0.3) is 0 Å². The highest BCUT2D eigenvalue weighted by Crippen LogP contribution is 2.29. The van der Waals surface area contributed by atoms with Crippen molar-refractivity contribution in [1.82, 2.24) is 25.1 Å². The van der Waals surface area contributed by atoms with Crippen LogP contribution in [-0.2, 0) is 13.0 Å². The molecule has 0 aliphatic heterocycles. The van der Waals surface area contributed by atoms with Crippen molar-refractivity contribution in [3.63, 3.8) is 0 Å². The molecule has 0 saturated carbocycles. The minimum Gasteiger partial charge on any atom is -0.297 e. The molecule has 6 nitrogen and oxygen atoms in total. The second-order valence-electron chi connectivity index (χ2n) is 5.40. The molecule has 0 aliphatic rings. The Morgan fingerprint density at radius 1 is 1.24 bits per heavy atom. The largest absolute Gasteiger partial charge is 0.297 e. The molecule has 0 amide bonds. The van der Waals surface area contributed by atoms with Crippen LogP contribution in [0, 0.1) is 0 Å². The summed E-state index contributed by atoms with van der Waals surface area (Å²) in [6, 6.07) is 0.155.